The average Bonchev–Trinajstić information content (AvgIpc) is 2.84. The van der Waals surface area contributed by atoms with Crippen molar-refractivity contribution in [3.8, 4) is 11.5 Å². The number of halogens is 1. The van der Waals surface area contributed by atoms with E-state index in [2.05, 4.69) is 39.3 Å². The van der Waals surface area contributed by atoms with Crippen molar-refractivity contribution >= 4 is 22.6 Å². The number of β-amino-alcohol motifs (C(OH)–C–C–N with tert-alkyl or cyclic N) is 1. The van der Waals surface area contributed by atoms with Crippen molar-refractivity contribution < 1.29 is 14.6 Å². The normalized spacial score (nSPS) is 22.0. The number of nitrogens with one attached hydrogen (secondary N) is 2. The minimum absolute atomic E-state index is 0.243. The van der Waals surface area contributed by atoms with Crippen LogP contribution in [0.1, 0.15) is 5.56 Å². The highest BCUT2D eigenvalue weighted by molar-refractivity contribution is 14.1. The van der Waals surface area contributed by atoms with Crippen LogP contribution >= 0.6 is 22.6 Å². The molecule has 112 valence electrons. The van der Waals surface area contributed by atoms with Crippen LogP contribution in [-0.2, 0) is 6.54 Å². The molecule has 6 heteroatoms. The summed E-state index contributed by atoms with van der Waals surface area (Å²) in [4.78, 5) is 0. The molecule has 1 heterocycles. The van der Waals surface area contributed by atoms with E-state index < -0.39 is 0 Å². The van der Waals surface area contributed by atoms with Crippen molar-refractivity contribution in [3.63, 3.8) is 0 Å². The lowest BCUT2D eigenvalue weighted by molar-refractivity contribution is 0.146. The molecule has 2 unspecified atom stereocenters. The Labute approximate surface area is 133 Å². The van der Waals surface area contributed by atoms with Gasteiger partial charge in [0.25, 0.3) is 0 Å². The highest BCUT2D eigenvalue weighted by Gasteiger charge is 2.24. The molecule has 0 spiro atoms. The van der Waals surface area contributed by atoms with E-state index in [1.807, 2.05) is 6.07 Å². The van der Waals surface area contributed by atoms with Crippen molar-refractivity contribution in [2.24, 2.45) is 5.92 Å². The fourth-order valence-electron chi connectivity index (χ4n) is 2.40. The van der Waals surface area contributed by atoms with Crippen LogP contribution in [0.5, 0.6) is 11.5 Å². The van der Waals surface area contributed by atoms with Gasteiger partial charge in [0.2, 0.25) is 0 Å². The third kappa shape index (κ3) is 3.75. The van der Waals surface area contributed by atoms with Gasteiger partial charge in [0, 0.05) is 32.1 Å². The minimum atomic E-state index is -0.243. The summed E-state index contributed by atoms with van der Waals surface area (Å²) < 4.78 is 11.7. The number of benzene rings is 1. The molecule has 1 fully saturated rings. The molecule has 0 radical (unpaired) electrons. The van der Waals surface area contributed by atoms with Gasteiger partial charge in [-0.25, -0.2) is 0 Å². The molecular formula is C14H21IN2O3. The molecule has 1 aromatic rings. The van der Waals surface area contributed by atoms with Crippen LogP contribution in [0.15, 0.2) is 12.1 Å². The minimum Gasteiger partial charge on any atom is -0.493 e. The Hall–Kier alpha value is -0.570. The largest absolute Gasteiger partial charge is 0.493 e. The summed E-state index contributed by atoms with van der Waals surface area (Å²) in [5.74, 6) is 1.81. The summed E-state index contributed by atoms with van der Waals surface area (Å²) in [5, 5.41) is 16.3. The van der Waals surface area contributed by atoms with Gasteiger partial charge in [-0.05, 0) is 40.3 Å². The Morgan fingerprint density at radius 3 is 2.75 bits per heavy atom. The van der Waals surface area contributed by atoms with Gasteiger partial charge in [0.05, 0.1) is 23.9 Å². The zero-order valence-electron chi connectivity index (χ0n) is 11.8. The number of methoxy groups -OCH3 is 2. The number of hydrogen-bond acceptors (Lipinski definition) is 5. The molecule has 1 aromatic carbocycles. The Kier molecular flexibility index (Phi) is 5.88. The number of aliphatic hydroxyl groups is 1. The van der Waals surface area contributed by atoms with Crippen molar-refractivity contribution in [1.82, 2.24) is 10.6 Å². The first-order chi connectivity index (χ1) is 9.65. The highest BCUT2D eigenvalue weighted by Crippen LogP contribution is 2.33. The van der Waals surface area contributed by atoms with Crippen molar-refractivity contribution in [2.45, 2.75) is 12.6 Å². The maximum absolute atomic E-state index is 9.74. The second kappa shape index (κ2) is 7.44. The predicted molar refractivity (Wildman–Crippen MR) is 86.3 cm³/mol. The van der Waals surface area contributed by atoms with E-state index >= 15 is 0 Å². The van der Waals surface area contributed by atoms with Gasteiger partial charge in [-0.3, -0.25) is 0 Å². The van der Waals surface area contributed by atoms with Crippen molar-refractivity contribution in [2.75, 3.05) is 33.9 Å². The molecular weight excluding hydrogens is 371 g/mol. The van der Waals surface area contributed by atoms with Crippen molar-refractivity contribution in [1.29, 1.82) is 0 Å². The maximum Gasteiger partial charge on any atom is 0.174 e. The van der Waals surface area contributed by atoms with E-state index in [0.717, 1.165) is 40.3 Å². The van der Waals surface area contributed by atoms with Gasteiger partial charge in [-0.2, -0.15) is 0 Å². The quantitative estimate of drug-likeness (QED) is 0.631. The summed E-state index contributed by atoms with van der Waals surface area (Å²) in [6.07, 6.45) is -0.243. The second-order valence-corrected chi connectivity index (χ2v) is 6.09. The number of hydrogen-bond donors (Lipinski definition) is 3. The van der Waals surface area contributed by atoms with Crippen LogP contribution in [0.4, 0.5) is 0 Å². The van der Waals surface area contributed by atoms with Crippen molar-refractivity contribution in [3.05, 3.63) is 21.3 Å². The molecule has 0 bridgehead atoms. The van der Waals surface area contributed by atoms with Crippen LogP contribution < -0.4 is 20.1 Å². The summed E-state index contributed by atoms with van der Waals surface area (Å²) in [7, 11) is 3.29. The number of ether oxygens (including phenoxy) is 2. The molecule has 5 nitrogen and oxygen atoms in total. The molecule has 20 heavy (non-hydrogen) atoms. The molecule has 1 aliphatic heterocycles. The maximum atomic E-state index is 9.74. The Balaban J connectivity index is 1.94. The molecule has 1 aliphatic rings. The molecule has 2 rings (SSSR count). The summed E-state index contributed by atoms with van der Waals surface area (Å²) in [6.45, 7) is 3.12. The lowest BCUT2D eigenvalue weighted by atomic mass is 10.1. The van der Waals surface area contributed by atoms with Gasteiger partial charge in [0.15, 0.2) is 11.5 Å². The van der Waals surface area contributed by atoms with E-state index in [1.165, 1.54) is 0 Å². The molecule has 0 aliphatic carbocycles. The van der Waals surface area contributed by atoms with Gasteiger partial charge in [-0.15, -0.1) is 0 Å². The lowest BCUT2D eigenvalue weighted by Crippen LogP contribution is -2.30. The first-order valence-corrected chi connectivity index (χ1v) is 7.73. The van der Waals surface area contributed by atoms with E-state index in [0.29, 0.717) is 6.54 Å². The third-order valence-corrected chi connectivity index (χ3v) is 4.33. The summed E-state index contributed by atoms with van der Waals surface area (Å²) >= 11 is 2.25. The monoisotopic (exact) mass is 392 g/mol. The van der Waals surface area contributed by atoms with Crippen LogP contribution in [0.25, 0.3) is 0 Å². The standard InChI is InChI=1S/C14H21IN2O3/c1-19-13-4-9(3-11(15)14(13)20-2)5-16-6-10-7-17-8-12(10)18/h3-4,10,12,16-18H,5-8H2,1-2H3. The van der Waals surface area contributed by atoms with Crippen LogP contribution in [0.2, 0.25) is 0 Å². The first kappa shape index (κ1) is 15.8. The summed E-state index contributed by atoms with van der Waals surface area (Å²) in [6, 6.07) is 4.07. The van der Waals surface area contributed by atoms with Crippen LogP contribution in [0.3, 0.4) is 0 Å². The van der Waals surface area contributed by atoms with E-state index in [4.69, 9.17) is 9.47 Å². The van der Waals surface area contributed by atoms with Crippen LogP contribution in [-0.4, -0.2) is 45.1 Å². The molecule has 0 saturated carbocycles. The van der Waals surface area contributed by atoms with E-state index in [-0.39, 0.29) is 12.0 Å². The molecule has 2 atom stereocenters. The Bertz CT molecular complexity index is 456. The Morgan fingerprint density at radius 2 is 2.15 bits per heavy atom. The van der Waals surface area contributed by atoms with Gasteiger partial charge in [0.1, 0.15) is 0 Å². The topological polar surface area (TPSA) is 62.8 Å². The Morgan fingerprint density at radius 1 is 1.35 bits per heavy atom. The number of aliphatic hydroxyl groups excluding tert-OH is 1. The van der Waals surface area contributed by atoms with Gasteiger partial charge < -0.3 is 25.2 Å². The average molecular weight is 392 g/mol. The van der Waals surface area contributed by atoms with Gasteiger partial charge >= 0.3 is 0 Å². The smallest absolute Gasteiger partial charge is 0.174 e. The lowest BCUT2D eigenvalue weighted by Gasteiger charge is -2.15. The molecule has 3 N–H and O–H groups in total. The fourth-order valence-corrected chi connectivity index (χ4v) is 3.29. The SMILES string of the molecule is COc1cc(CNCC2CNCC2O)cc(I)c1OC. The zero-order valence-corrected chi connectivity index (χ0v) is 13.9. The predicted octanol–water partition coefficient (Wildman–Crippen LogP) is 0.978. The number of rotatable bonds is 6. The highest BCUT2D eigenvalue weighted by atomic mass is 127. The van der Waals surface area contributed by atoms with E-state index in [1.54, 1.807) is 14.2 Å². The fraction of sp³-hybridized carbons (Fsp3) is 0.571. The van der Waals surface area contributed by atoms with Crippen LogP contribution in [0, 0.1) is 9.49 Å². The van der Waals surface area contributed by atoms with Gasteiger partial charge in [-0.1, -0.05) is 0 Å². The third-order valence-electron chi connectivity index (χ3n) is 3.53. The zero-order chi connectivity index (χ0) is 14.5. The second-order valence-electron chi connectivity index (χ2n) is 4.93. The molecule has 0 amide bonds. The van der Waals surface area contributed by atoms with E-state index in [9.17, 15) is 5.11 Å². The molecule has 1 saturated heterocycles. The first-order valence-electron chi connectivity index (χ1n) is 6.65. The summed E-state index contributed by atoms with van der Waals surface area (Å²) in [5.41, 5.74) is 1.15. The molecule has 0 aromatic heterocycles.